The van der Waals surface area contributed by atoms with Gasteiger partial charge in [-0.15, -0.1) is 0 Å². The Kier molecular flexibility index (Phi) is 5.32. The van der Waals surface area contributed by atoms with Gasteiger partial charge < -0.3 is 18.1 Å². The SMILES string of the molecule is Nc1cc[n+](-c2c(Cl)c(Cl)nc(Cl)c2Cl)cc1.[Cl-]. The Morgan fingerprint density at radius 1 is 0.944 bits per heavy atom. The zero-order valence-corrected chi connectivity index (χ0v) is 12.5. The van der Waals surface area contributed by atoms with Crippen LogP contribution in [0, 0.1) is 0 Å². The molecule has 0 saturated carbocycles. The number of nitrogen functional groups attached to an aromatic ring is 1. The molecule has 0 aliphatic rings. The normalized spacial score (nSPS) is 10.0. The fourth-order valence-corrected chi connectivity index (χ4v) is 2.20. The van der Waals surface area contributed by atoms with Crippen LogP contribution in [0.25, 0.3) is 5.69 Å². The van der Waals surface area contributed by atoms with Gasteiger partial charge in [0, 0.05) is 17.8 Å². The van der Waals surface area contributed by atoms with Crippen molar-refractivity contribution in [3.05, 3.63) is 44.9 Å². The number of rotatable bonds is 1. The van der Waals surface area contributed by atoms with Crippen molar-refractivity contribution in [1.82, 2.24) is 4.98 Å². The van der Waals surface area contributed by atoms with Crippen LogP contribution < -0.4 is 22.7 Å². The molecule has 3 nitrogen and oxygen atoms in total. The molecular weight excluding hydrogens is 339 g/mol. The molecule has 0 fully saturated rings. The van der Waals surface area contributed by atoms with Gasteiger partial charge in [-0.1, -0.05) is 46.4 Å². The molecule has 2 rings (SSSR count). The molecule has 0 aliphatic carbocycles. The monoisotopic (exact) mass is 343 g/mol. The first kappa shape index (κ1) is 15.6. The molecule has 2 N–H and O–H groups in total. The van der Waals surface area contributed by atoms with E-state index in [4.69, 9.17) is 52.1 Å². The molecule has 0 aliphatic heterocycles. The summed E-state index contributed by atoms with van der Waals surface area (Å²) in [4.78, 5) is 3.81. The molecule has 2 aromatic heterocycles. The van der Waals surface area contributed by atoms with Gasteiger partial charge in [0.2, 0.25) is 0 Å². The van der Waals surface area contributed by atoms with E-state index < -0.39 is 0 Å². The van der Waals surface area contributed by atoms with E-state index in [2.05, 4.69) is 4.98 Å². The maximum absolute atomic E-state index is 6.06. The van der Waals surface area contributed by atoms with Gasteiger partial charge in [0.05, 0.1) is 0 Å². The van der Waals surface area contributed by atoms with Crippen LogP contribution in [0.4, 0.5) is 5.69 Å². The summed E-state index contributed by atoms with van der Waals surface area (Å²) in [6.45, 7) is 0. The summed E-state index contributed by atoms with van der Waals surface area (Å²) in [6, 6.07) is 3.41. The van der Waals surface area contributed by atoms with E-state index in [1.54, 1.807) is 29.1 Å². The Labute approximate surface area is 130 Å². The summed E-state index contributed by atoms with van der Waals surface area (Å²) in [7, 11) is 0. The van der Waals surface area contributed by atoms with E-state index in [1.807, 2.05) is 0 Å². The Bertz CT molecular complexity index is 544. The van der Waals surface area contributed by atoms with Crippen molar-refractivity contribution in [2.24, 2.45) is 0 Å². The number of halogens is 5. The van der Waals surface area contributed by atoms with Crippen LogP contribution >= 0.6 is 46.4 Å². The number of hydrogen-bond acceptors (Lipinski definition) is 2. The van der Waals surface area contributed by atoms with Crippen LogP contribution in [0.5, 0.6) is 0 Å². The van der Waals surface area contributed by atoms with Crippen molar-refractivity contribution < 1.29 is 17.0 Å². The average molecular weight is 345 g/mol. The summed E-state index contributed by atoms with van der Waals surface area (Å²) in [5.74, 6) is 0. The third kappa shape index (κ3) is 2.92. The molecule has 0 radical (unpaired) electrons. The fourth-order valence-electron chi connectivity index (χ4n) is 1.29. The minimum atomic E-state index is 0. The lowest BCUT2D eigenvalue weighted by molar-refractivity contribution is -0.595. The smallest absolute Gasteiger partial charge is 0.254 e. The molecule has 0 bridgehead atoms. The molecule has 2 heterocycles. The standard InChI is InChI=1S/C10H5Cl4N3.ClH/c11-6-8(7(12)10(14)16-9(6)13)17-3-1-5(15)2-4-17;/h1-4,15H;1H. The fraction of sp³-hybridized carbons (Fsp3) is 0. The zero-order chi connectivity index (χ0) is 12.6. The van der Waals surface area contributed by atoms with E-state index in [1.165, 1.54) is 0 Å². The maximum Gasteiger partial charge on any atom is 0.254 e. The highest BCUT2D eigenvalue weighted by Gasteiger charge is 2.23. The maximum atomic E-state index is 6.06. The van der Waals surface area contributed by atoms with Gasteiger partial charge in [-0.3, -0.25) is 0 Å². The van der Waals surface area contributed by atoms with Crippen LogP contribution in [-0.2, 0) is 0 Å². The Morgan fingerprint density at radius 2 is 1.39 bits per heavy atom. The summed E-state index contributed by atoms with van der Waals surface area (Å²) < 4.78 is 1.67. The van der Waals surface area contributed by atoms with Gasteiger partial charge in [0.1, 0.15) is 0 Å². The van der Waals surface area contributed by atoms with Crippen molar-refractivity contribution in [3.8, 4) is 5.69 Å². The van der Waals surface area contributed by atoms with Gasteiger partial charge in [-0.05, 0) is 0 Å². The second kappa shape index (κ2) is 6.13. The quantitative estimate of drug-likeness (QED) is 0.606. The number of anilines is 1. The lowest BCUT2D eigenvalue weighted by Crippen LogP contribution is -3.00. The molecule has 0 atom stereocenters. The van der Waals surface area contributed by atoms with E-state index in [0.717, 1.165) is 0 Å². The molecule has 18 heavy (non-hydrogen) atoms. The third-order valence-electron chi connectivity index (χ3n) is 2.09. The highest BCUT2D eigenvalue weighted by molar-refractivity contribution is 6.47. The molecule has 0 saturated heterocycles. The molecular formula is C10H6Cl5N3. The Balaban J connectivity index is 0.00000162. The van der Waals surface area contributed by atoms with Gasteiger partial charge in [0.15, 0.2) is 32.7 Å². The summed E-state index contributed by atoms with van der Waals surface area (Å²) in [5, 5.41) is 0.660. The van der Waals surface area contributed by atoms with Gasteiger partial charge in [-0.2, -0.15) is 4.57 Å². The number of pyridine rings is 2. The van der Waals surface area contributed by atoms with Gasteiger partial charge in [-0.25, -0.2) is 4.98 Å². The van der Waals surface area contributed by atoms with E-state index in [9.17, 15) is 0 Å². The third-order valence-corrected chi connectivity index (χ3v) is 3.54. The van der Waals surface area contributed by atoms with Crippen LogP contribution in [0.15, 0.2) is 24.5 Å². The number of hydrogen-bond donors (Lipinski definition) is 1. The Morgan fingerprint density at radius 3 is 1.83 bits per heavy atom. The van der Waals surface area contributed by atoms with Crippen LogP contribution in [0.3, 0.4) is 0 Å². The molecule has 0 aromatic carbocycles. The minimum Gasteiger partial charge on any atom is -1.00 e. The van der Waals surface area contributed by atoms with E-state index >= 15 is 0 Å². The highest BCUT2D eigenvalue weighted by Crippen LogP contribution is 2.34. The molecule has 2 aromatic rings. The highest BCUT2D eigenvalue weighted by atomic mass is 35.5. The first-order valence-corrected chi connectivity index (χ1v) is 5.99. The van der Waals surface area contributed by atoms with Crippen LogP contribution in [0.2, 0.25) is 20.4 Å². The zero-order valence-electron chi connectivity index (χ0n) is 8.67. The number of nitrogens with zero attached hydrogens (tertiary/aromatic N) is 2. The molecule has 96 valence electrons. The van der Waals surface area contributed by atoms with E-state index in [-0.39, 0.29) is 32.8 Å². The lowest BCUT2D eigenvalue weighted by Gasteiger charge is -2.04. The predicted molar refractivity (Wildman–Crippen MR) is 70.2 cm³/mol. The predicted octanol–water partition coefficient (Wildman–Crippen LogP) is 0.558. The van der Waals surface area contributed by atoms with Crippen molar-refractivity contribution in [3.63, 3.8) is 0 Å². The second-order valence-electron chi connectivity index (χ2n) is 3.21. The number of nitrogens with two attached hydrogens (primary N) is 1. The van der Waals surface area contributed by atoms with Crippen molar-refractivity contribution in [2.45, 2.75) is 0 Å². The molecule has 8 heteroatoms. The van der Waals surface area contributed by atoms with Gasteiger partial charge >= 0.3 is 0 Å². The first-order valence-electron chi connectivity index (χ1n) is 4.48. The Hall–Kier alpha value is -0.450. The van der Waals surface area contributed by atoms with Crippen molar-refractivity contribution in [2.75, 3.05) is 5.73 Å². The van der Waals surface area contributed by atoms with Crippen LogP contribution in [-0.4, -0.2) is 4.98 Å². The van der Waals surface area contributed by atoms with Crippen molar-refractivity contribution in [1.29, 1.82) is 0 Å². The topological polar surface area (TPSA) is 42.8 Å². The van der Waals surface area contributed by atoms with Crippen molar-refractivity contribution >= 4 is 52.1 Å². The largest absolute Gasteiger partial charge is 1.00 e. The summed E-state index contributed by atoms with van der Waals surface area (Å²) in [6.07, 6.45) is 3.41. The first-order chi connectivity index (χ1) is 8.00. The molecule has 0 amide bonds. The van der Waals surface area contributed by atoms with E-state index in [0.29, 0.717) is 11.4 Å². The average Bonchev–Trinajstić information content (AvgIpc) is 2.29. The lowest BCUT2D eigenvalue weighted by atomic mass is 10.3. The molecule has 0 unspecified atom stereocenters. The summed E-state index contributed by atoms with van der Waals surface area (Å²) in [5.41, 5.74) is 6.69. The number of aromatic nitrogens is 2. The second-order valence-corrected chi connectivity index (χ2v) is 4.68. The molecule has 0 spiro atoms. The minimum absolute atomic E-state index is 0. The van der Waals surface area contributed by atoms with Gasteiger partial charge in [0.25, 0.3) is 5.69 Å². The van der Waals surface area contributed by atoms with Crippen LogP contribution in [0.1, 0.15) is 0 Å². The summed E-state index contributed by atoms with van der Waals surface area (Å²) >= 11 is 23.8.